The maximum Gasteiger partial charge on any atom is 0.337 e. The normalized spacial score (nSPS) is 17.9. The molecule has 0 bridgehead atoms. The highest BCUT2D eigenvalue weighted by Gasteiger charge is 2.44. The lowest BCUT2D eigenvalue weighted by Crippen LogP contribution is -2.50. The van der Waals surface area contributed by atoms with Crippen molar-refractivity contribution in [3.05, 3.63) is 24.0 Å². The van der Waals surface area contributed by atoms with Crippen LogP contribution in [-0.2, 0) is 4.79 Å². The summed E-state index contributed by atoms with van der Waals surface area (Å²) in [5, 5.41) is 11.4. The lowest BCUT2D eigenvalue weighted by atomic mass is 9.96. The van der Waals surface area contributed by atoms with Crippen LogP contribution >= 0.6 is 0 Å². The minimum atomic E-state index is -1.09. The third kappa shape index (κ3) is 2.48. The maximum atomic E-state index is 12.0. The zero-order valence-electron chi connectivity index (χ0n) is 10.0. The fraction of sp³-hybridized carbons (Fsp3) is 0.417. The number of anilines is 1. The van der Waals surface area contributed by atoms with Crippen molar-refractivity contribution in [2.45, 2.75) is 25.3 Å². The molecule has 1 aliphatic rings. The lowest BCUT2D eigenvalue weighted by molar-refractivity contribution is -0.121. The van der Waals surface area contributed by atoms with E-state index in [4.69, 9.17) is 10.8 Å². The van der Waals surface area contributed by atoms with E-state index in [-0.39, 0.29) is 17.4 Å². The Balaban J connectivity index is 2.11. The molecule has 2 rings (SSSR count). The number of nitrogens with zero attached hydrogens (tertiary/aromatic N) is 1. The first-order valence-electron chi connectivity index (χ1n) is 5.70. The molecule has 1 fully saturated rings. The molecule has 1 aromatic heterocycles. The number of carbonyl (C=O) groups excluding carboxylic acids is 1. The van der Waals surface area contributed by atoms with Crippen molar-refractivity contribution < 1.29 is 14.7 Å². The number of carboxylic acids is 1. The van der Waals surface area contributed by atoms with Gasteiger partial charge in [0.25, 0.3) is 0 Å². The molecule has 0 radical (unpaired) electrons. The highest BCUT2D eigenvalue weighted by atomic mass is 16.4. The zero-order chi connectivity index (χ0) is 13.3. The second kappa shape index (κ2) is 4.38. The van der Waals surface area contributed by atoms with Gasteiger partial charge < -0.3 is 16.2 Å². The molecule has 96 valence electrons. The second-order valence-corrected chi connectivity index (χ2v) is 4.78. The third-order valence-electron chi connectivity index (χ3n) is 3.16. The molecule has 1 aliphatic carbocycles. The van der Waals surface area contributed by atoms with Crippen LogP contribution in [0.25, 0.3) is 0 Å². The number of aromatic nitrogens is 1. The molecule has 1 aromatic rings. The van der Waals surface area contributed by atoms with Gasteiger partial charge in [-0.1, -0.05) is 0 Å². The van der Waals surface area contributed by atoms with Crippen molar-refractivity contribution in [1.82, 2.24) is 4.98 Å². The molecule has 1 heterocycles. The zero-order valence-corrected chi connectivity index (χ0v) is 10.0. The number of nitrogens with two attached hydrogens (primary N) is 1. The van der Waals surface area contributed by atoms with Crippen molar-refractivity contribution in [3.63, 3.8) is 0 Å². The highest BCUT2D eigenvalue weighted by molar-refractivity contribution is 5.99. The first-order valence-corrected chi connectivity index (χ1v) is 5.70. The quantitative estimate of drug-likeness (QED) is 0.733. The van der Waals surface area contributed by atoms with Gasteiger partial charge in [-0.25, -0.2) is 4.79 Å². The van der Waals surface area contributed by atoms with Crippen molar-refractivity contribution >= 4 is 17.6 Å². The Bertz CT molecular complexity index is 495. The fourth-order valence-corrected chi connectivity index (χ4v) is 1.76. The van der Waals surface area contributed by atoms with Crippen LogP contribution in [0.5, 0.6) is 0 Å². The van der Waals surface area contributed by atoms with Gasteiger partial charge in [-0.15, -0.1) is 0 Å². The SMILES string of the molecule is CC(N)(C(=O)Nc1cncc(C(=O)O)c1)C1CC1. The number of pyridine rings is 1. The minimum absolute atomic E-state index is 0.0259. The number of aromatic carboxylic acids is 1. The largest absolute Gasteiger partial charge is 0.478 e. The van der Waals surface area contributed by atoms with Gasteiger partial charge in [-0.05, 0) is 31.7 Å². The van der Waals surface area contributed by atoms with Gasteiger partial charge in [0, 0.05) is 6.20 Å². The molecular formula is C12H15N3O3. The summed E-state index contributed by atoms with van der Waals surface area (Å²) < 4.78 is 0. The van der Waals surface area contributed by atoms with Crippen LogP contribution in [0.15, 0.2) is 18.5 Å². The summed E-state index contributed by atoms with van der Waals surface area (Å²) in [6, 6.07) is 1.36. The number of hydrogen-bond acceptors (Lipinski definition) is 4. The van der Waals surface area contributed by atoms with Crippen molar-refractivity contribution in [3.8, 4) is 0 Å². The van der Waals surface area contributed by atoms with E-state index in [9.17, 15) is 9.59 Å². The number of amides is 1. The van der Waals surface area contributed by atoms with E-state index in [1.54, 1.807) is 6.92 Å². The van der Waals surface area contributed by atoms with Gasteiger partial charge in [0.1, 0.15) is 0 Å². The van der Waals surface area contributed by atoms with Gasteiger partial charge in [0.2, 0.25) is 5.91 Å². The van der Waals surface area contributed by atoms with Crippen LogP contribution in [0.2, 0.25) is 0 Å². The summed E-state index contributed by atoms with van der Waals surface area (Å²) in [6.07, 6.45) is 4.52. The summed E-state index contributed by atoms with van der Waals surface area (Å²) in [6.45, 7) is 1.69. The second-order valence-electron chi connectivity index (χ2n) is 4.78. The number of rotatable bonds is 4. The predicted molar refractivity (Wildman–Crippen MR) is 65.1 cm³/mol. The van der Waals surface area contributed by atoms with Gasteiger partial charge >= 0.3 is 5.97 Å². The first-order chi connectivity index (χ1) is 8.41. The Labute approximate surface area is 104 Å². The number of carbonyl (C=O) groups is 2. The molecule has 0 aliphatic heterocycles. The van der Waals surface area contributed by atoms with Crippen LogP contribution in [0.1, 0.15) is 30.1 Å². The van der Waals surface area contributed by atoms with Gasteiger partial charge in [0.05, 0.1) is 23.0 Å². The van der Waals surface area contributed by atoms with Crippen molar-refractivity contribution in [2.24, 2.45) is 11.7 Å². The summed E-state index contributed by atoms with van der Waals surface area (Å²) in [5.74, 6) is -1.20. The summed E-state index contributed by atoms with van der Waals surface area (Å²) >= 11 is 0. The average molecular weight is 249 g/mol. The summed E-state index contributed by atoms with van der Waals surface area (Å²) in [5.41, 5.74) is 5.42. The Morgan fingerprint density at radius 3 is 2.72 bits per heavy atom. The Morgan fingerprint density at radius 1 is 1.50 bits per heavy atom. The molecule has 18 heavy (non-hydrogen) atoms. The van der Waals surface area contributed by atoms with E-state index in [2.05, 4.69) is 10.3 Å². The third-order valence-corrected chi connectivity index (χ3v) is 3.16. The van der Waals surface area contributed by atoms with E-state index in [1.165, 1.54) is 18.5 Å². The molecule has 0 spiro atoms. The van der Waals surface area contributed by atoms with Gasteiger partial charge in [-0.2, -0.15) is 0 Å². The number of hydrogen-bond donors (Lipinski definition) is 3. The molecule has 0 saturated heterocycles. The van der Waals surface area contributed by atoms with Crippen molar-refractivity contribution in [1.29, 1.82) is 0 Å². The van der Waals surface area contributed by atoms with E-state index < -0.39 is 11.5 Å². The standard InChI is InChI=1S/C12H15N3O3/c1-12(13,8-2-3-8)11(18)15-9-4-7(10(16)17)5-14-6-9/h4-6,8H,2-3,13H2,1H3,(H,15,18)(H,16,17). The summed E-state index contributed by atoms with van der Waals surface area (Å²) in [4.78, 5) is 26.5. The number of carboxylic acid groups (broad SMARTS) is 1. The van der Waals surface area contributed by atoms with Gasteiger partial charge in [0.15, 0.2) is 0 Å². The molecule has 6 heteroatoms. The van der Waals surface area contributed by atoms with E-state index in [0.29, 0.717) is 5.69 Å². The van der Waals surface area contributed by atoms with Crippen LogP contribution in [0, 0.1) is 5.92 Å². The monoisotopic (exact) mass is 249 g/mol. The summed E-state index contributed by atoms with van der Waals surface area (Å²) in [7, 11) is 0. The molecule has 4 N–H and O–H groups in total. The molecule has 0 aromatic carbocycles. The van der Waals surface area contributed by atoms with Gasteiger partial charge in [-0.3, -0.25) is 9.78 Å². The average Bonchev–Trinajstić information content (AvgIpc) is 3.13. The van der Waals surface area contributed by atoms with E-state index in [1.807, 2.05) is 0 Å². The molecule has 1 unspecified atom stereocenters. The van der Waals surface area contributed by atoms with Crippen LogP contribution in [0.3, 0.4) is 0 Å². The highest BCUT2D eigenvalue weighted by Crippen LogP contribution is 2.38. The Kier molecular flexibility index (Phi) is 3.04. The van der Waals surface area contributed by atoms with Crippen LogP contribution in [0.4, 0.5) is 5.69 Å². The smallest absolute Gasteiger partial charge is 0.337 e. The van der Waals surface area contributed by atoms with E-state index >= 15 is 0 Å². The fourth-order valence-electron chi connectivity index (χ4n) is 1.76. The molecule has 1 amide bonds. The van der Waals surface area contributed by atoms with Crippen LogP contribution in [-0.4, -0.2) is 27.5 Å². The Hall–Kier alpha value is -1.95. The topological polar surface area (TPSA) is 105 Å². The molecule has 6 nitrogen and oxygen atoms in total. The number of nitrogens with one attached hydrogen (secondary N) is 1. The predicted octanol–water partition coefficient (Wildman–Crippen LogP) is 0.846. The molecule has 1 atom stereocenters. The lowest BCUT2D eigenvalue weighted by Gasteiger charge is -2.23. The maximum absolute atomic E-state index is 12.0. The molecule has 1 saturated carbocycles. The molecular weight excluding hydrogens is 234 g/mol. The first kappa shape index (κ1) is 12.5. The Morgan fingerprint density at radius 2 is 2.17 bits per heavy atom. The van der Waals surface area contributed by atoms with E-state index in [0.717, 1.165) is 12.8 Å². The van der Waals surface area contributed by atoms with Crippen molar-refractivity contribution in [2.75, 3.05) is 5.32 Å². The van der Waals surface area contributed by atoms with Crippen LogP contribution < -0.4 is 11.1 Å². The minimum Gasteiger partial charge on any atom is -0.478 e.